The van der Waals surface area contributed by atoms with Crippen molar-refractivity contribution in [3.05, 3.63) is 59.8 Å². The normalized spacial score (nSPS) is 18.5. The second-order valence-corrected chi connectivity index (χ2v) is 6.21. The second kappa shape index (κ2) is 8.11. The summed E-state index contributed by atoms with van der Waals surface area (Å²) in [6, 6.07) is 10.7. The van der Waals surface area contributed by atoms with Crippen molar-refractivity contribution in [2.24, 2.45) is 0 Å². The molecule has 0 spiro atoms. The maximum Gasteiger partial charge on any atom is 0.221 e. The smallest absolute Gasteiger partial charge is 0.221 e. The molecular formula is C19H23FN2O2. The molecule has 3 rings (SSSR count). The zero-order valence-electron chi connectivity index (χ0n) is 13.7. The summed E-state index contributed by atoms with van der Waals surface area (Å²) in [4.78, 5) is 14.4. The lowest BCUT2D eigenvalue weighted by Crippen LogP contribution is -2.36. The highest BCUT2D eigenvalue weighted by Crippen LogP contribution is 2.30. The van der Waals surface area contributed by atoms with Crippen LogP contribution in [-0.4, -0.2) is 23.9 Å². The number of rotatable bonds is 6. The number of hydrogen-bond donors (Lipinski definition) is 1. The molecule has 24 heavy (non-hydrogen) atoms. The number of amides is 1. The molecule has 1 atom stereocenters. The topological polar surface area (TPSA) is 45.5 Å². The van der Waals surface area contributed by atoms with E-state index >= 15 is 0 Å². The van der Waals surface area contributed by atoms with Crippen molar-refractivity contribution in [2.75, 3.05) is 13.1 Å². The maximum absolute atomic E-state index is 13.1. The fourth-order valence-corrected chi connectivity index (χ4v) is 3.25. The van der Waals surface area contributed by atoms with E-state index in [-0.39, 0.29) is 17.8 Å². The molecule has 2 aromatic rings. The molecule has 1 aliphatic heterocycles. The third-order valence-corrected chi connectivity index (χ3v) is 4.53. The predicted octanol–water partition coefficient (Wildman–Crippen LogP) is 3.65. The van der Waals surface area contributed by atoms with Crippen LogP contribution in [0.15, 0.2) is 47.1 Å². The lowest BCUT2D eigenvalue weighted by Gasteiger charge is -2.36. The van der Waals surface area contributed by atoms with E-state index in [1.807, 2.05) is 24.3 Å². The standard InChI is InChI=1S/C19H23FN2O2/c20-16-8-6-15(7-9-16)18-5-1-2-11-22(18)12-10-19(23)21-14-17-4-3-13-24-17/h3-4,6-9,13,18H,1-2,5,10-12,14H2,(H,21,23)/t18-/m0/s1. The summed E-state index contributed by atoms with van der Waals surface area (Å²) in [7, 11) is 0. The summed E-state index contributed by atoms with van der Waals surface area (Å²) < 4.78 is 18.3. The molecule has 4 nitrogen and oxygen atoms in total. The third-order valence-electron chi connectivity index (χ3n) is 4.53. The average molecular weight is 330 g/mol. The number of carbonyl (C=O) groups is 1. The largest absolute Gasteiger partial charge is 0.467 e. The highest BCUT2D eigenvalue weighted by atomic mass is 19.1. The van der Waals surface area contributed by atoms with Crippen molar-refractivity contribution in [3.8, 4) is 0 Å². The molecule has 0 bridgehead atoms. The first-order valence-corrected chi connectivity index (χ1v) is 8.51. The molecule has 0 saturated carbocycles. The van der Waals surface area contributed by atoms with Gasteiger partial charge in [-0.25, -0.2) is 4.39 Å². The van der Waals surface area contributed by atoms with Gasteiger partial charge in [-0.3, -0.25) is 9.69 Å². The van der Waals surface area contributed by atoms with Crippen LogP contribution < -0.4 is 5.32 Å². The van der Waals surface area contributed by atoms with E-state index in [0.29, 0.717) is 19.5 Å². The SMILES string of the molecule is O=C(CCN1CCCC[C@H]1c1ccc(F)cc1)NCc1ccco1. The lowest BCUT2D eigenvalue weighted by atomic mass is 9.95. The van der Waals surface area contributed by atoms with Gasteiger partial charge in [-0.15, -0.1) is 0 Å². The number of furan rings is 1. The van der Waals surface area contributed by atoms with Crippen molar-refractivity contribution in [1.82, 2.24) is 10.2 Å². The molecule has 1 aliphatic rings. The summed E-state index contributed by atoms with van der Waals surface area (Å²) in [6.45, 7) is 2.12. The van der Waals surface area contributed by atoms with Crippen LogP contribution in [0.4, 0.5) is 4.39 Å². The zero-order valence-corrected chi connectivity index (χ0v) is 13.7. The molecule has 1 fully saturated rings. The van der Waals surface area contributed by atoms with Gasteiger partial charge in [0, 0.05) is 19.0 Å². The minimum absolute atomic E-state index is 0.0230. The Balaban J connectivity index is 1.52. The molecule has 5 heteroatoms. The molecule has 0 aliphatic carbocycles. The summed E-state index contributed by atoms with van der Waals surface area (Å²) >= 11 is 0. The Labute approximate surface area is 141 Å². The number of benzene rings is 1. The average Bonchev–Trinajstić information content (AvgIpc) is 3.13. The van der Waals surface area contributed by atoms with Crippen LogP contribution in [-0.2, 0) is 11.3 Å². The van der Waals surface area contributed by atoms with Crippen LogP contribution in [0.25, 0.3) is 0 Å². The van der Waals surface area contributed by atoms with Gasteiger partial charge in [-0.1, -0.05) is 18.6 Å². The van der Waals surface area contributed by atoms with Gasteiger partial charge in [0.25, 0.3) is 0 Å². The quantitative estimate of drug-likeness (QED) is 0.879. The maximum atomic E-state index is 13.1. The minimum Gasteiger partial charge on any atom is -0.467 e. The number of halogens is 1. The summed E-state index contributed by atoms with van der Waals surface area (Å²) in [6.07, 6.45) is 5.43. The number of likely N-dealkylation sites (tertiary alicyclic amines) is 1. The molecule has 0 unspecified atom stereocenters. The minimum atomic E-state index is -0.210. The fraction of sp³-hybridized carbons (Fsp3) is 0.421. The Morgan fingerprint density at radius 1 is 1.25 bits per heavy atom. The van der Waals surface area contributed by atoms with Gasteiger partial charge < -0.3 is 9.73 Å². The summed E-state index contributed by atoms with van der Waals surface area (Å²) in [5, 5.41) is 2.88. The van der Waals surface area contributed by atoms with E-state index < -0.39 is 0 Å². The summed E-state index contributed by atoms with van der Waals surface area (Å²) in [5.41, 5.74) is 1.13. The van der Waals surface area contributed by atoms with Crippen LogP contribution in [0.3, 0.4) is 0 Å². The van der Waals surface area contributed by atoms with Crippen LogP contribution in [0, 0.1) is 5.82 Å². The Hall–Kier alpha value is -2.14. The van der Waals surface area contributed by atoms with Crippen LogP contribution >= 0.6 is 0 Å². The molecule has 1 amide bonds. The second-order valence-electron chi connectivity index (χ2n) is 6.21. The predicted molar refractivity (Wildman–Crippen MR) is 89.7 cm³/mol. The monoisotopic (exact) mass is 330 g/mol. The summed E-state index contributed by atoms with van der Waals surface area (Å²) in [5.74, 6) is 0.568. The Morgan fingerprint density at radius 3 is 2.83 bits per heavy atom. The first-order valence-electron chi connectivity index (χ1n) is 8.51. The number of carbonyl (C=O) groups excluding carboxylic acids is 1. The molecule has 1 saturated heterocycles. The van der Waals surface area contributed by atoms with E-state index in [1.165, 1.54) is 18.6 Å². The van der Waals surface area contributed by atoms with E-state index in [0.717, 1.165) is 30.7 Å². The van der Waals surface area contributed by atoms with Gasteiger partial charge in [-0.05, 0) is 49.2 Å². The van der Waals surface area contributed by atoms with E-state index in [2.05, 4.69) is 10.2 Å². The van der Waals surface area contributed by atoms with Crippen molar-refractivity contribution in [3.63, 3.8) is 0 Å². The first kappa shape index (κ1) is 16.7. The highest BCUT2D eigenvalue weighted by Gasteiger charge is 2.24. The van der Waals surface area contributed by atoms with Crippen LogP contribution in [0.1, 0.15) is 43.0 Å². The highest BCUT2D eigenvalue weighted by molar-refractivity contribution is 5.75. The molecule has 0 radical (unpaired) electrons. The van der Waals surface area contributed by atoms with Gasteiger partial charge in [0.1, 0.15) is 11.6 Å². The Bertz CT molecular complexity index is 640. The number of nitrogens with one attached hydrogen (secondary N) is 1. The van der Waals surface area contributed by atoms with Crippen molar-refractivity contribution in [1.29, 1.82) is 0 Å². The number of piperidine rings is 1. The van der Waals surface area contributed by atoms with E-state index in [9.17, 15) is 9.18 Å². The lowest BCUT2D eigenvalue weighted by molar-refractivity contribution is -0.121. The number of nitrogens with zero attached hydrogens (tertiary/aromatic N) is 1. The van der Waals surface area contributed by atoms with Crippen molar-refractivity contribution in [2.45, 2.75) is 38.3 Å². The third kappa shape index (κ3) is 4.45. The number of hydrogen-bond acceptors (Lipinski definition) is 3. The van der Waals surface area contributed by atoms with Crippen molar-refractivity contribution < 1.29 is 13.6 Å². The van der Waals surface area contributed by atoms with Gasteiger partial charge >= 0.3 is 0 Å². The molecule has 2 heterocycles. The molecule has 1 N–H and O–H groups in total. The zero-order chi connectivity index (χ0) is 16.8. The van der Waals surface area contributed by atoms with Gasteiger partial charge in [0.05, 0.1) is 12.8 Å². The van der Waals surface area contributed by atoms with Crippen LogP contribution in [0.5, 0.6) is 0 Å². The molecule has 1 aromatic carbocycles. The van der Waals surface area contributed by atoms with Crippen molar-refractivity contribution >= 4 is 5.91 Å². The van der Waals surface area contributed by atoms with Gasteiger partial charge in [-0.2, -0.15) is 0 Å². The molecular weight excluding hydrogens is 307 g/mol. The van der Waals surface area contributed by atoms with Gasteiger partial charge in [0.15, 0.2) is 0 Å². The molecule has 128 valence electrons. The van der Waals surface area contributed by atoms with Crippen LogP contribution in [0.2, 0.25) is 0 Å². The Morgan fingerprint density at radius 2 is 2.08 bits per heavy atom. The molecule has 1 aromatic heterocycles. The first-order chi connectivity index (χ1) is 11.7. The van der Waals surface area contributed by atoms with E-state index in [1.54, 1.807) is 6.26 Å². The fourth-order valence-electron chi connectivity index (χ4n) is 3.25. The van der Waals surface area contributed by atoms with Gasteiger partial charge in [0.2, 0.25) is 5.91 Å². The Kier molecular flexibility index (Phi) is 5.64. The van der Waals surface area contributed by atoms with E-state index in [4.69, 9.17) is 4.42 Å².